The molecule has 0 amide bonds. The molecule has 0 rings (SSSR count). The van der Waals surface area contributed by atoms with Crippen LogP contribution in [-0.2, 0) is 4.79 Å². The predicted molar refractivity (Wildman–Crippen MR) is 49.4 cm³/mol. The van der Waals surface area contributed by atoms with Crippen molar-refractivity contribution < 1.29 is 4.79 Å². The average molecular weight is 197 g/mol. The van der Waals surface area contributed by atoms with Crippen LogP contribution in [0.25, 0.3) is 0 Å². The van der Waals surface area contributed by atoms with Gasteiger partial charge < -0.3 is 4.79 Å². The summed E-state index contributed by atoms with van der Waals surface area (Å²) in [4.78, 5) is 9.71. The van der Waals surface area contributed by atoms with Crippen LogP contribution in [0.3, 0.4) is 0 Å². The summed E-state index contributed by atoms with van der Waals surface area (Å²) in [5, 5.41) is -0.285. The fraction of sp³-hybridized carbons (Fsp3) is 0.875. The molecule has 2 atom stereocenters. The van der Waals surface area contributed by atoms with E-state index in [4.69, 9.17) is 23.2 Å². The van der Waals surface area contributed by atoms with Crippen molar-refractivity contribution in [2.75, 3.05) is 0 Å². The first-order valence-corrected chi connectivity index (χ1v) is 4.58. The van der Waals surface area contributed by atoms with Crippen molar-refractivity contribution in [1.82, 2.24) is 0 Å². The molecule has 0 heterocycles. The number of alkyl halides is 2. The number of carbonyl (C=O) groups is 1. The standard InChI is InChI=1S/C8H14Cl2O/c1-4-8(10,5-11)7(9)6(2)3/h5-7H,4H2,1-3H3/t7-,8-/m0/s1. The zero-order chi connectivity index (χ0) is 9.07. The third-order valence-corrected chi connectivity index (χ3v) is 3.38. The number of hydrogen-bond acceptors (Lipinski definition) is 1. The summed E-state index contributed by atoms with van der Waals surface area (Å²) in [7, 11) is 0. The smallest absolute Gasteiger partial charge is 0.142 e. The van der Waals surface area contributed by atoms with Crippen molar-refractivity contribution in [2.24, 2.45) is 5.92 Å². The van der Waals surface area contributed by atoms with E-state index in [-0.39, 0.29) is 11.3 Å². The topological polar surface area (TPSA) is 17.1 Å². The summed E-state index contributed by atoms with van der Waals surface area (Å²) >= 11 is 11.9. The molecule has 0 saturated heterocycles. The summed E-state index contributed by atoms with van der Waals surface area (Å²) in [5.41, 5.74) is 0. The average Bonchev–Trinajstić information content (AvgIpc) is 2.01. The Balaban J connectivity index is 4.36. The first kappa shape index (κ1) is 11.2. The molecule has 0 aromatic rings. The van der Waals surface area contributed by atoms with Gasteiger partial charge in [0.15, 0.2) is 0 Å². The largest absolute Gasteiger partial charge is 0.301 e. The molecule has 3 heteroatoms. The molecule has 66 valence electrons. The van der Waals surface area contributed by atoms with E-state index >= 15 is 0 Å². The molecule has 0 radical (unpaired) electrons. The Kier molecular flexibility index (Phi) is 4.42. The van der Waals surface area contributed by atoms with Crippen molar-refractivity contribution >= 4 is 29.5 Å². The minimum Gasteiger partial charge on any atom is -0.301 e. The van der Waals surface area contributed by atoms with E-state index in [1.165, 1.54) is 0 Å². The SMILES string of the molecule is CC[C@](Cl)(C=O)[C@@H](Cl)C(C)C. The van der Waals surface area contributed by atoms with Gasteiger partial charge in [0.2, 0.25) is 0 Å². The van der Waals surface area contributed by atoms with E-state index in [1.807, 2.05) is 20.8 Å². The molecule has 0 spiro atoms. The van der Waals surface area contributed by atoms with E-state index in [0.29, 0.717) is 6.42 Å². The van der Waals surface area contributed by atoms with E-state index in [9.17, 15) is 4.79 Å². The molecule has 0 fully saturated rings. The summed E-state index contributed by atoms with van der Waals surface area (Å²) < 4.78 is 0. The van der Waals surface area contributed by atoms with Gasteiger partial charge in [0.05, 0.1) is 5.38 Å². The van der Waals surface area contributed by atoms with Crippen molar-refractivity contribution in [3.63, 3.8) is 0 Å². The lowest BCUT2D eigenvalue weighted by Gasteiger charge is -2.27. The molecule has 0 aliphatic heterocycles. The van der Waals surface area contributed by atoms with Crippen molar-refractivity contribution in [3.8, 4) is 0 Å². The molecule has 0 aromatic carbocycles. The Morgan fingerprint density at radius 2 is 2.00 bits per heavy atom. The van der Waals surface area contributed by atoms with Gasteiger partial charge in [0.25, 0.3) is 0 Å². The van der Waals surface area contributed by atoms with Gasteiger partial charge in [-0.2, -0.15) is 0 Å². The van der Waals surface area contributed by atoms with Crippen LogP contribution in [0.5, 0.6) is 0 Å². The van der Waals surface area contributed by atoms with E-state index in [0.717, 1.165) is 6.29 Å². The minimum absolute atomic E-state index is 0.222. The van der Waals surface area contributed by atoms with Crippen LogP contribution in [0.4, 0.5) is 0 Å². The summed E-state index contributed by atoms with van der Waals surface area (Å²) in [6.45, 7) is 5.76. The molecule has 11 heavy (non-hydrogen) atoms. The second-order valence-electron chi connectivity index (χ2n) is 3.04. The Morgan fingerprint density at radius 1 is 1.55 bits per heavy atom. The second kappa shape index (κ2) is 4.32. The van der Waals surface area contributed by atoms with Crippen LogP contribution in [0.1, 0.15) is 27.2 Å². The van der Waals surface area contributed by atoms with Gasteiger partial charge in [-0.3, -0.25) is 0 Å². The van der Waals surface area contributed by atoms with Gasteiger partial charge in [-0.25, -0.2) is 0 Å². The highest BCUT2D eigenvalue weighted by molar-refractivity contribution is 6.38. The second-order valence-corrected chi connectivity index (χ2v) is 4.22. The van der Waals surface area contributed by atoms with E-state index in [2.05, 4.69) is 0 Å². The molecule has 0 aliphatic carbocycles. The Bertz CT molecular complexity index is 136. The van der Waals surface area contributed by atoms with E-state index in [1.54, 1.807) is 0 Å². The van der Waals surface area contributed by atoms with Gasteiger partial charge in [0, 0.05) is 0 Å². The Labute approximate surface area is 78.1 Å². The molecular formula is C8H14Cl2O. The van der Waals surface area contributed by atoms with Crippen molar-refractivity contribution in [1.29, 1.82) is 0 Å². The summed E-state index contributed by atoms with van der Waals surface area (Å²) in [6, 6.07) is 0. The lowest BCUT2D eigenvalue weighted by atomic mass is 9.94. The molecular weight excluding hydrogens is 183 g/mol. The third-order valence-electron chi connectivity index (χ3n) is 1.78. The summed E-state index contributed by atoms with van der Waals surface area (Å²) in [6.07, 6.45) is 1.32. The van der Waals surface area contributed by atoms with Crippen LogP contribution in [0.2, 0.25) is 0 Å². The molecule has 0 saturated carbocycles. The zero-order valence-electron chi connectivity index (χ0n) is 7.10. The molecule has 0 aromatic heterocycles. The molecule has 0 aliphatic rings. The molecule has 0 unspecified atom stereocenters. The lowest BCUT2D eigenvalue weighted by molar-refractivity contribution is -0.110. The molecule has 1 nitrogen and oxygen atoms in total. The Hall–Kier alpha value is 0.250. The quantitative estimate of drug-likeness (QED) is 0.500. The maximum Gasteiger partial charge on any atom is 0.142 e. The van der Waals surface area contributed by atoms with E-state index < -0.39 is 4.87 Å². The van der Waals surface area contributed by atoms with Gasteiger partial charge in [-0.05, 0) is 12.3 Å². The number of carbonyl (C=O) groups excluding carboxylic acids is 1. The first-order chi connectivity index (χ1) is 4.98. The van der Waals surface area contributed by atoms with Gasteiger partial charge in [-0.1, -0.05) is 20.8 Å². The number of aldehydes is 1. The van der Waals surface area contributed by atoms with Crippen LogP contribution >= 0.6 is 23.2 Å². The van der Waals surface area contributed by atoms with Gasteiger partial charge in [-0.15, -0.1) is 23.2 Å². The highest BCUT2D eigenvalue weighted by Crippen LogP contribution is 2.30. The maximum absolute atomic E-state index is 10.6. The number of halogens is 2. The maximum atomic E-state index is 10.6. The number of rotatable bonds is 4. The highest BCUT2D eigenvalue weighted by atomic mass is 35.5. The minimum atomic E-state index is -0.879. The van der Waals surface area contributed by atoms with Crippen LogP contribution in [-0.4, -0.2) is 16.5 Å². The van der Waals surface area contributed by atoms with Crippen LogP contribution < -0.4 is 0 Å². The van der Waals surface area contributed by atoms with Gasteiger partial charge in [0.1, 0.15) is 11.2 Å². The van der Waals surface area contributed by atoms with Gasteiger partial charge >= 0.3 is 0 Å². The van der Waals surface area contributed by atoms with Crippen LogP contribution in [0.15, 0.2) is 0 Å². The van der Waals surface area contributed by atoms with Crippen LogP contribution in [0, 0.1) is 5.92 Å². The first-order valence-electron chi connectivity index (χ1n) is 3.77. The predicted octanol–water partition coefficient (Wildman–Crippen LogP) is 2.84. The third kappa shape index (κ3) is 2.64. The fourth-order valence-corrected chi connectivity index (χ4v) is 1.36. The molecule has 0 bridgehead atoms. The Morgan fingerprint density at radius 3 is 2.09 bits per heavy atom. The highest BCUT2D eigenvalue weighted by Gasteiger charge is 2.35. The zero-order valence-corrected chi connectivity index (χ0v) is 8.62. The number of hydrogen-bond donors (Lipinski definition) is 0. The van der Waals surface area contributed by atoms with Crippen molar-refractivity contribution in [2.45, 2.75) is 37.4 Å². The monoisotopic (exact) mass is 196 g/mol. The normalized spacial score (nSPS) is 19.5. The molecule has 0 N–H and O–H groups in total. The van der Waals surface area contributed by atoms with Crippen molar-refractivity contribution in [3.05, 3.63) is 0 Å². The fourth-order valence-electron chi connectivity index (χ4n) is 0.897. The summed E-state index contributed by atoms with van der Waals surface area (Å²) in [5.74, 6) is 0.222. The lowest BCUT2D eigenvalue weighted by Crippen LogP contribution is -2.37.